The Labute approximate surface area is 136 Å². The largest absolute Gasteiger partial charge is 0.504 e. The molecule has 8 heteroatoms. The van der Waals surface area contributed by atoms with Gasteiger partial charge in [-0.15, -0.1) is 0 Å². The average Bonchev–Trinajstić information content (AvgIpc) is 2.51. The molecular weight excluding hydrogens is 320 g/mol. The zero-order valence-corrected chi connectivity index (χ0v) is 12.4. The summed E-state index contributed by atoms with van der Waals surface area (Å²) in [4.78, 5) is 22.6. The van der Waals surface area contributed by atoms with Gasteiger partial charge in [0.2, 0.25) is 0 Å². The molecule has 1 aliphatic carbocycles. The molecule has 0 radical (unpaired) electrons. The quantitative estimate of drug-likeness (QED) is 0.297. The molecule has 3 atom stereocenters. The predicted octanol–water partition coefficient (Wildman–Crippen LogP) is 0.159. The fourth-order valence-corrected chi connectivity index (χ4v) is 2.23. The number of rotatable bonds is 4. The lowest BCUT2D eigenvalue weighted by Gasteiger charge is -2.29. The van der Waals surface area contributed by atoms with Crippen molar-refractivity contribution in [3.8, 4) is 11.5 Å². The van der Waals surface area contributed by atoms with Crippen LogP contribution in [0.2, 0.25) is 0 Å². The van der Waals surface area contributed by atoms with Crippen molar-refractivity contribution in [3.05, 3.63) is 41.5 Å². The Morgan fingerprint density at radius 3 is 2.46 bits per heavy atom. The van der Waals surface area contributed by atoms with Crippen molar-refractivity contribution >= 4 is 18.0 Å². The van der Waals surface area contributed by atoms with Crippen molar-refractivity contribution in [2.75, 3.05) is 0 Å². The van der Waals surface area contributed by atoms with Gasteiger partial charge in [0, 0.05) is 18.1 Å². The minimum absolute atomic E-state index is 0.155. The van der Waals surface area contributed by atoms with Gasteiger partial charge in [0.1, 0.15) is 6.10 Å². The summed E-state index contributed by atoms with van der Waals surface area (Å²) in [6.07, 6.45) is -0.961. The topological polar surface area (TPSA) is 145 Å². The Morgan fingerprint density at radius 2 is 1.88 bits per heavy atom. The number of phenolic OH excluding ortho intramolecular Hbond substituents is 2. The molecule has 0 aliphatic heterocycles. The Balaban J connectivity index is 2.02. The molecule has 3 unspecified atom stereocenters. The minimum atomic E-state index is -1.44. The lowest BCUT2D eigenvalue weighted by Crippen LogP contribution is -2.44. The summed E-state index contributed by atoms with van der Waals surface area (Å²) >= 11 is 0. The highest BCUT2D eigenvalue weighted by atomic mass is 16.6. The number of carbonyl (C=O) groups excluding carboxylic acids is 1. The van der Waals surface area contributed by atoms with Gasteiger partial charge in [0.15, 0.2) is 17.6 Å². The summed E-state index contributed by atoms with van der Waals surface area (Å²) in [5, 5.41) is 47.0. The molecule has 5 N–H and O–H groups in total. The Morgan fingerprint density at radius 1 is 1.17 bits per heavy atom. The van der Waals surface area contributed by atoms with Gasteiger partial charge in [-0.1, -0.05) is 6.07 Å². The Hall–Kier alpha value is -2.84. The van der Waals surface area contributed by atoms with Crippen molar-refractivity contribution in [1.82, 2.24) is 0 Å². The molecule has 1 aromatic rings. The van der Waals surface area contributed by atoms with Gasteiger partial charge >= 0.3 is 11.9 Å². The molecule has 0 saturated heterocycles. The lowest BCUT2D eigenvalue weighted by molar-refractivity contribution is -0.157. The molecule has 0 heterocycles. The van der Waals surface area contributed by atoms with E-state index < -0.39 is 30.3 Å². The maximum absolute atomic E-state index is 11.8. The number of ether oxygens (including phenoxy) is 1. The molecule has 2 rings (SSSR count). The molecule has 0 fully saturated rings. The van der Waals surface area contributed by atoms with E-state index in [0.29, 0.717) is 5.56 Å². The van der Waals surface area contributed by atoms with Crippen LogP contribution in [0.5, 0.6) is 11.5 Å². The number of carboxylic acids is 1. The molecule has 0 saturated carbocycles. The second kappa shape index (κ2) is 7.16. The Kier molecular flexibility index (Phi) is 5.22. The summed E-state index contributed by atoms with van der Waals surface area (Å²) in [6.45, 7) is 0. The molecule has 8 nitrogen and oxygen atoms in total. The van der Waals surface area contributed by atoms with Crippen LogP contribution in [0.15, 0.2) is 35.9 Å². The highest BCUT2D eigenvalue weighted by molar-refractivity contribution is 5.88. The molecule has 0 spiro atoms. The monoisotopic (exact) mass is 336 g/mol. The average molecular weight is 336 g/mol. The predicted molar refractivity (Wildman–Crippen MR) is 81.0 cm³/mol. The van der Waals surface area contributed by atoms with Crippen molar-refractivity contribution in [2.45, 2.75) is 24.7 Å². The van der Waals surface area contributed by atoms with Crippen molar-refractivity contribution < 1.29 is 39.9 Å². The van der Waals surface area contributed by atoms with Crippen LogP contribution in [0.1, 0.15) is 12.0 Å². The lowest BCUT2D eigenvalue weighted by atomic mass is 9.92. The molecule has 1 aromatic carbocycles. The summed E-state index contributed by atoms with van der Waals surface area (Å²) in [7, 11) is 0. The third-order valence-electron chi connectivity index (χ3n) is 3.46. The van der Waals surface area contributed by atoms with Crippen molar-refractivity contribution in [3.63, 3.8) is 0 Å². The normalized spacial score (nSPS) is 23.8. The number of benzene rings is 1. The van der Waals surface area contributed by atoms with E-state index in [1.807, 2.05) is 0 Å². The van der Waals surface area contributed by atoms with Crippen molar-refractivity contribution in [1.29, 1.82) is 0 Å². The van der Waals surface area contributed by atoms with Gasteiger partial charge in [-0.3, -0.25) is 0 Å². The minimum Gasteiger partial charge on any atom is -0.504 e. The fourth-order valence-electron chi connectivity index (χ4n) is 2.23. The summed E-state index contributed by atoms with van der Waals surface area (Å²) in [5.41, 5.74) is 0.262. The van der Waals surface area contributed by atoms with E-state index in [1.165, 1.54) is 24.3 Å². The first-order chi connectivity index (χ1) is 11.3. The summed E-state index contributed by atoms with van der Waals surface area (Å²) in [5.74, 6) is -2.78. The van der Waals surface area contributed by atoms with Gasteiger partial charge in [-0.05, 0) is 29.8 Å². The second-order valence-corrected chi connectivity index (χ2v) is 5.24. The summed E-state index contributed by atoms with van der Waals surface area (Å²) < 4.78 is 4.94. The zero-order chi connectivity index (χ0) is 17.9. The van der Waals surface area contributed by atoms with Crippen LogP contribution in [-0.4, -0.2) is 55.8 Å². The number of aliphatic carboxylic acids is 1. The van der Waals surface area contributed by atoms with E-state index in [1.54, 1.807) is 0 Å². The van der Waals surface area contributed by atoms with Crippen LogP contribution in [0.25, 0.3) is 6.08 Å². The number of aliphatic hydroxyl groups is 2. The number of esters is 1. The number of hydrogen-bond donors (Lipinski definition) is 5. The van der Waals surface area contributed by atoms with Crippen LogP contribution in [0.4, 0.5) is 0 Å². The number of aromatic hydroxyl groups is 2. The molecular formula is C16H16O8. The number of aliphatic hydroxyl groups excluding tert-OH is 2. The number of carbonyl (C=O) groups is 2. The van der Waals surface area contributed by atoms with Crippen LogP contribution >= 0.6 is 0 Å². The first kappa shape index (κ1) is 17.5. The highest BCUT2D eigenvalue weighted by Gasteiger charge is 2.35. The molecule has 0 aromatic heterocycles. The van der Waals surface area contributed by atoms with Crippen LogP contribution in [-0.2, 0) is 14.3 Å². The molecule has 0 bridgehead atoms. The van der Waals surface area contributed by atoms with Gasteiger partial charge < -0.3 is 30.3 Å². The standard InChI is InChI=1S/C16H16O8/c17-10-3-1-8(5-11(10)18)2-4-14(21)24-15-12(19)6-9(16(22)23)7-13(15)20/h1-6,12-13,15,17-20H,7H2,(H,22,23)/b4-2+. The number of phenols is 2. The highest BCUT2D eigenvalue weighted by Crippen LogP contribution is 2.26. The van der Waals surface area contributed by atoms with Gasteiger partial charge in [-0.25, -0.2) is 9.59 Å². The fraction of sp³-hybridized carbons (Fsp3) is 0.250. The first-order valence-corrected chi connectivity index (χ1v) is 6.98. The van der Waals surface area contributed by atoms with E-state index in [0.717, 1.165) is 12.2 Å². The maximum Gasteiger partial charge on any atom is 0.331 e. The van der Waals surface area contributed by atoms with E-state index in [2.05, 4.69) is 0 Å². The third-order valence-corrected chi connectivity index (χ3v) is 3.46. The molecule has 24 heavy (non-hydrogen) atoms. The van der Waals surface area contributed by atoms with E-state index in [9.17, 15) is 30.0 Å². The summed E-state index contributed by atoms with van der Waals surface area (Å²) in [6, 6.07) is 3.92. The first-order valence-electron chi connectivity index (χ1n) is 6.98. The van der Waals surface area contributed by atoms with Crippen LogP contribution in [0, 0.1) is 0 Å². The van der Waals surface area contributed by atoms with Gasteiger partial charge in [0.25, 0.3) is 0 Å². The van der Waals surface area contributed by atoms with Gasteiger partial charge in [-0.2, -0.15) is 0 Å². The van der Waals surface area contributed by atoms with Crippen LogP contribution in [0.3, 0.4) is 0 Å². The van der Waals surface area contributed by atoms with Crippen molar-refractivity contribution in [2.24, 2.45) is 0 Å². The van der Waals surface area contributed by atoms with Crippen LogP contribution < -0.4 is 0 Å². The van der Waals surface area contributed by atoms with E-state index in [-0.39, 0.29) is 23.5 Å². The zero-order valence-electron chi connectivity index (χ0n) is 12.4. The third kappa shape index (κ3) is 4.12. The Bertz CT molecular complexity index is 706. The SMILES string of the molecule is O=C(/C=C/c1ccc(O)c(O)c1)OC1C(O)C=C(C(=O)O)CC1O. The maximum atomic E-state index is 11.8. The molecule has 1 aliphatic rings. The molecule has 0 amide bonds. The molecule has 128 valence electrons. The number of hydrogen-bond acceptors (Lipinski definition) is 7. The van der Waals surface area contributed by atoms with E-state index in [4.69, 9.17) is 9.84 Å². The van der Waals surface area contributed by atoms with Gasteiger partial charge in [0.05, 0.1) is 6.10 Å². The smallest absolute Gasteiger partial charge is 0.331 e. The number of carboxylic acid groups (broad SMARTS) is 1. The van der Waals surface area contributed by atoms with E-state index >= 15 is 0 Å². The second-order valence-electron chi connectivity index (χ2n) is 5.24.